The summed E-state index contributed by atoms with van der Waals surface area (Å²) in [6.07, 6.45) is -0.626. The zero-order valence-corrected chi connectivity index (χ0v) is 26.3. The van der Waals surface area contributed by atoms with Gasteiger partial charge in [-0.2, -0.15) is 0 Å². The maximum Gasteiger partial charge on any atom is 0.329 e. The zero-order chi connectivity index (χ0) is 30.6. The van der Waals surface area contributed by atoms with Gasteiger partial charge in [-0.25, -0.2) is 9.80 Å². The molecule has 0 spiro atoms. The first-order chi connectivity index (χ1) is 20.1. The van der Waals surface area contributed by atoms with Crippen LogP contribution in [0.5, 0.6) is 0 Å². The van der Waals surface area contributed by atoms with Crippen LogP contribution in [0.2, 0.25) is 5.02 Å². The molecule has 0 saturated carbocycles. The molecule has 4 amide bonds. The number of hydrogen-bond acceptors (Lipinski definition) is 7. The molecular formula is C30H40ClN5O5S. The molecule has 10 nitrogen and oxygen atoms in total. The number of rotatable bonds is 15. The molecule has 1 heterocycles. The van der Waals surface area contributed by atoms with Crippen molar-refractivity contribution in [1.82, 2.24) is 26.0 Å². The number of fused-ring (bicyclic) bond motifs is 1. The first-order valence-electron chi connectivity index (χ1n) is 13.9. The number of carbonyl (C=O) groups excluding carboxylic acids is 3. The lowest BCUT2D eigenvalue weighted by Crippen LogP contribution is -2.55. The lowest BCUT2D eigenvalue weighted by molar-refractivity contribution is -0.179. The third kappa shape index (κ3) is 9.67. The molecule has 0 fully saturated rings. The highest BCUT2D eigenvalue weighted by atomic mass is 35.5. The Morgan fingerprint density at radius 2 is 1.67 bits per heavy atom. The lowest BCUT2D eigenvalue weighted by atomic mass is 10.1. The van der Waals surface area contributed by atoms with Crippen LogP contribution in [0.3, 0.4) is 0 Å². The Bertz CT molecular complexity index is 1310. The molecule has 0 unspecified atom stereocenters. The van der Waals surface area contributed by atoms with Gasteiger partial charge in [0.25, 0.3) is 0 Å². The largest absolute Gasteiger partial charge is 0.351 e. The molecule has 1 aromatic heterocycles. The van der Waals surface area contributed by atoms with Gasteiger partial charge in [0.05, 0.1) is 12.6 Å². The van der Waals surface area contributed by atoms with Gasteiger partial charge in [-0.05, 0) is 67.8 Å². The number of likely N-dealkylation sites (N-methyl/N-ethyl adjacent to an activating group) is 1. The highest BCUT2D eigenvalue weighted by Gasteiger charge is 2.32. The summed E-state index contributed by atoms with van der Waals surface area (Å²) in [5, 5.41) is 10.6. The Labute approximate surface area is 256 Å². The van der Waals surface area contributed by atoms with Gasteiger partial charge in [-0.1, -0.05) is 41.9 Å². The number of nitrogens with zero attached hydrogens (tertiary/aromatic N) is 2. The molecule has 0 bridgehead atoms. The minimum Gasteiger partial charge on any atom is -0.351 e. The van der Waals surface area contributed by atoms with E-state index in [-0.39, 0.29) is 12.5 Å². The molecule has 3 rings (SSSR count). The predicted molar refractivity (Wildman–Crippen MR) is 166 cm³/mol. The van der Waals surface area contributed by atoms with Gasteiger partial charge in [0.1, 0.15) is 6.04 Å². The predicted octanol–water partition coefficient (Wildman–Crippen LogP) is 4.52. The Hall–Kier alpha value is -3.22. The summed E-state index contributed by atoms with van der Waals surface area (Å²) in [6, 6.07) is 13.4. The van der Waals surface area contributed by atoms with Crippen molar-refractivity contribution in [2.75, 3.05) is 26.8 Å². The maximum atomic E-state index is 13.8. The molecule has 0 aliphatic carbocycles. The van der Waals surface area contributed by atoms with E-state index >= 15 is 0 Å². The maximum absolute atomic E-state index is 13.8. The monoisotopic (exact) mass is 617 g/mol. The highest BCUT2D eigenvalue weighted by molar-refractivity contribution is 7.17. The number of thiophene rings is 1. The number of halogens is 1. The lowest BCUT2D eigenvalue weighted by Gasteiger charge is -2.36. The summed E-state index contributed by atoms with van der Waals surface area (Å²) in [7, 11) is 1.57. The molecule has 228 valence electrons. The zero-order valence-electron chi connectivity index (χ0n) is 24.7. The Kier molecular flexibility index (Phi) is 13.0. The van der Waals surface area contributed by atoms with Crippen LogP contribution in [-0.2, 0) is 32.2 Å². The fraction of sp³-hybridized carbons (Fsp3) is 0.433. The second kappa shape index (κ2) is 16.4. The Morgan fingerprint density at radius 3 is 2.33 bits per heavy atom. The number of nitrogens with one attached hydrogen (secondary N) is 3. The van der Waals surface area contributed by atoms with E-state index in [4.69, 9.17) is 21.1 Å². The van der Waals surface area contributed by atoms with Crippen LogP contribution in [0.25, 0.3) is 10.1 Å². The van der Waals surface area contributed by atoms with Gasteiger partial charge >= 0.3 is 6.03 Å². The standard InChI is InChI=1S/C30H40ClN5O5S/c1-6-40-29(41-7-2)21(4)36(17-23-19-42-26-11-9-8-10-25(23)26)28(38)20(3)33-27(37)18-35(5)34-30(39)32-16-22-12-14-24(31)15-13-22/h8-15,19-21,29H,6-7,16-18H2,1-5H3,(H,33,37)(H2,32,34,39)/t20-,21-/m0/s1. The topological polar surface area (TPSA) is 112 Å². The van der Waals surface area contributed by atoms with Crippen LogP contribution in [0.15, 0.2) is 53.9 Å². The molecule has 0 radical (unpaired) electrons. The van der Waals surface area contributed by atoms with E-state index in [1.807, 2.05) is 57.2 Å². The summed E-state index contributed by atoms with van der Waals surface area (Å²) in [6.45, 7) is 8.62. The van der Waals surface area contributed by atoms with Crippen LogP contribution >= 0.6 is 22.9 Å². The van der Waals surface area contributed by atoms with E-state index < -0.39 is 30.3 Å². The second-order valence-electron chi connectivity index (χ2n) is 9.81. The van der Waals surface area contributed by atoms with Crippen molar-refractivity contribution in [3.05, 3.63) is 70.1 Å². The van der Waals surface area contributed by atoms with Crippen LogP contribution in [0, 0.1) is 0 Å². The normalized spacial score (nSPS) is 12.8. The van der Waals surface area contributed by atoms with E-state index in [2.05, 4.69) is 21.4 Å². The average Bonchev–Trinajstić information content (AvgIpc) is 3.37. The third-order valence-corrected chi connectivity index (χ3v) is 7.78. The minimum absolute atomic E-state index is 0.156. The van der Waals surface area contributed by atoms with E-state index in [1.54, 1.807) is 42.3 Å². The molecule has 2 aromatic carbocycles. The highest BCUT2D eigenvalue weighted by Crippen LogP contribution is 2.28. The fourth-order valence-electron chi connectivity index (χ4n) is 4.41. The van der Waals surface area contributed by atoms with Crippen LogP contribution in [0.4, 0.5) is 4.79 Å². The van der Waals surface area contributed by atoms with Crippen LogP contribution in [0.1, 0.15) is 38.8 Å². The number of carbonyl (C=O) groups is 3. The number of hydrazine groups is 1. The minimum atomic E-state index is -0.833. The second-order valence-corrected chi connectivity index (χ2v) is 11.2. The average molecular weight is 618 g/mol. The summed E-state index contributed by atoms with van der Waals surface area (Å²) >= 11 is 7.51. The smallest absolute Gasteiger partial charge is 0.329 e. The Balaban J connectivity index is 1.62. The molecule has 12 heteroatoms. The molecular weight excluding hydrogens is 578 g/mol. The van der Waals surface area contributed by atoms with Gasteiger partial charge < -0.3 is 25.0 Å². The summed E-state index contributed by atoms with van der Waals surface area (Å²) < 4.78 is 12.8. The van der Waals surface area contributed by atoms with Crippen molar-refractivity contribution >= 4 is 50.9 Å². The third-order valence-electron chi connectivity index (χ3n) is 6.52. The van der Waals surface area contributed by atoms with Gasteiger partial charge in [0.15, 0.2) is 6.29 Å². The molecule has 3 N–H and O–H groups in total. The van der Waals surface area contributed by atoms with E-state index in [9.17, 15) is 14.4 Å². The van der Waals surface area contributed by atoms with Gasteiger partial charge in [-0.3, -0.25) is 15.0 Å². The Morgan fingerprint density at radius 1 is 1.00 bits per heavy atom. The van der Waals surface area contributed by atoms with Crippen molar-refractivity contribution in [3.8, 4) is 0 Å². The first-order valence-corrected chi connectivity index (χ1v) is 15.2. The number of amides is 4. The van der Waals surface area contributed by atoms with Gasteiger partial charge in [0, 0.05) is 43.1 Å². The van der Waals surface area contributed by atoms with Crippen LogP contribution < -0.4 is 16.1 Å². The SMILES string of the molecule is CCOC(OCC)[C@H](C)N(Cc1csc2ccccc12)C(=O)[C@H](C)NC(=O)CN(C)NC(=O)NCc1ccc(Cl)cc1. The number of ether oxygens (including phenoxy) is 2. The van der Waals surface area contributed by atoms with Crippen molar-refractivity contribution in [2.45, 2.75) is 59.2 Å². The van der Waals surface area contributed by atoms with Crippen molar-refractivity contribution in [2.24, 2.45) is 0 Å². The number of hydrogen-bond donors (Lipinski definition) is 3. The molecule has 2 atom stereocenters. The molecule has 0 aliphatic heterocycles. The van der Waals surface area contributed by atoms with Crippen LogP contribution in [-0.4, -0.2) is 72.9 Å². The summed E-state index contributed by atoms with van der Waals surface area (Å²) in [5.74, 6) is -0.692. The molecule has 42 heavy (non-hydrogen) atoms. The van der Waals surface area contributed by atoms with Gasteiger partial charge in [0.2, 0.25) is 11.8 Å². The number of benzene rings is 2. The quantitative estimate of drug-likeness (QED) is 0.171. The first kappa shape index (κ1) is 33.3. The molecule has 3 aromatic rings. The fourth-order valence-corrected chi connectivity index (χ4v) is 5.49. The van der Waals surface area contributed by atoms with E-state index in [0.717, 1.165) is 21.2 Å². The molecule has 0 aliphatic rings. The van der Waals surface area contributed by atoms with Gasteiger partial charge in [-0.15, -0.1) is 11.3 Å². The molecule has 0 saturated heterocycles. The van der Waals surface area contributed by atoms with Crippen molar-refractivity contribution in [3.63, 3.8) is 0 Å². The number of urea groups is 1. The van der Waals surface area contributed by atoms with E-state index in [0.29, 0.717) is 31.3 Å². The van der Waals surface area contributed by atoms with Crippen molar-refractivity contribution in [1.29, 1.82) is 0 Å². The summed E-state index contributed by atoms with van der Waals surface area (Å²) in [5.41, 5.74) is 4.49. The van der Waals surface area contributed by atoms with Crippen molar-refractivity contribution < 1.29 is 23.9 Å². The van der Waals surface area contributed by atoms with E-state index in [1.165, 1.54) is 5.01 Å². The summed E-state index contributed by atoms with van der Waals surface area (Å²) in [4.78, 5) is 40.6.